The predicted molar refractivity (Wildman–Crippen MR) is 65.8 cm³/mol. The van der Waals surface area contributed by atoms with Gasteiger partial charge in [-0.25, -0.2) is 0 Å². The fourth-order valence-corrected chi connectivity index (χ4v) is 1.67. The Labute approximate surface area is 97.6 Å². The van der Waals surface area contributed by atoms with Crippen molar-refractivity contribution in [3.05, 3.63) is 29.8 Å². The van der Waals surface area contributed by atoms with Gasteiger partial charge in [0.25, 0.3) is 0 Å². The van der Waals surface area contributed by atoms with Crippen LogP contribution in [0.25, 0.3) is 0 Å². The van der Waals surface area contributed by atoms with Crippen LogP contribution in [0.1, 0.15) is 18.9 Å². The highest BCUT2D eigenvalue weighted by atomic mass is 16.5. The van der Waals surface area contributed by atoms with Crippen LogP contribution in [0.3, 0.4) is 0 Å². The minimum absolute atomic E-state index is 0.142. The summed E-state index contributed by atoms with van der Waals surface area (Å²) in [5, 5.41) is 0. The molecule has 0 spiro atoms. The van der Waals surface area contributed by atoms with E-state index in [-0.39, 0.29) is 12.1 Å². The molecule has 0 saturated carbocycles. The van der Waals surface area contributed by atoms with Crippen LogP contribution in [0.15, 0.2) is 24.3 Å². The number of ether oxygens (including phenoxy) is 2. The molecule has 0 aliphatic heterocycles. The first-order valence-electron chi connectivity index (χ1n) is 5.57. The quantitative estimate of drug-likeness (QED) is 0.802. The van der Waals surface area contributed by atoms with Crippen molar-refractivity contribution in [1.82, 2.24) is 0 Å². The molecule has 1 aromatic rings. The molecule has 3 nitrogen and oxygen atoms in total. The zero-order valence-corrected chi connectivity index (χ0v) is 10.3. The molecular formula is C13H21NO2. The van der Waals surface area contributed by atoms with Gasteiger partial charge in [0.15, 0.2) is 0 Å². The minimum Gasteiger partial charge on any atom is -0.497 e. The van der Waals surface area contributed by atoms with Crippen LogP contribution in [0.2, 0.25) is 0 Å². The van der Waals surface area contributed by atoms with Gasteiger partial charge in [-0.15, -0.1) is 0 Å². The molecule has 0 aromatic heterocycles. The van der Waals surface area contributed by atoms with Gasteiger partial charge in [0, 0.05) is 13.2 Å². The smallest absolute Gasteiger partial charge is 0.118 e. The van der Waals surface area contributed by atoms with Crippen LogP contribution in [0.4, 0.5) is 0 Å². The average Bonchev–Trinajstić information content (AvgIpc) is 2.29. The third kappa shape index (κ3) is 4.21. The van der Waals surface area contributed by atoms with Crippen molar-refractivity contribution in [1.29, 1.82) is 0 Å². The van der Waals surface area contributed by atoms with Crippen LogP contribution >= 0.6 is 0 Å². The fourth-order valence-electron chi connectivity index (χ4n) is 1.67. The lowest BCUT2D eigenvalue weighted by atomic mass is 10.0. The zero-order valence-electron chi connectivity index (χ0n) is 10.3. The number of methoxy groups -OCH3 is 2. The molecule has 0 amide bonds. The SMILES string of the molecule is COc1ccc(CC(N)CC(C)OC)cc1. The van der Waals surface area contributed by atoms with Crippen molar-refractivity contribution in [3.63, 3.8) is 0 Å². The molecule has 90 valence electrons. The summed E-state index contributed by atoms with van der Waals surface area (Å²) in [6.07, 6.45) is 1.97. The van der Waals surface area contributed by atoms with Crippen molar-refractivity contribution in [2.75, 3.05) is 14.2 Å². The van der Waals surface area contributed by atoms with E-state index in [1.165, 1.54) is 5.56 Å². The highest BCUT2D eigenvalue weighted by Crippen LogP contribution is 2.13. The molecular weight excluding hydrogens is 202 g/mol. The Bertz CT molecular complexity index is 297. The Morgan fingerprint density at radius 3 is 2.31 bits per heavy atom. The average molecular weight is 223 g/mol. The van der Waals surface area contributed by atoms with Gasteiger partial charge in [-0.1, -0.05) is 12.1 Å². The van der Waals surface area contributed by atoms with E-state index in [1.54, 1.807) is 14.2 Å². The molecule has 1 aromatic carbocycles. The van der Waals surface area contributed by atoms with Gasteiger partial charge < -0.3 is 15.2 Å². The summed E-state index contributed by atoms with van der Waals surface area (Å²) in [5.74, 6) is 0.877. The monoisotopic (exact) mass is 223 g/mol. The fraction of sp³-hybridized carbons (Fsp3) is 0.538. The van der Waals surface area contributed by atoms with Gasteiger partial charge in [-0.2, -0.15) is 0 Å². The van der Waals surface area contributed by atoms with Gasteiger partial charge >= 0.3 is 0 Å². The summed E-state index contributed by atoms with van der Waals surface area (Å²) in [6, 6.07) is 8.17. The van der Waals surface area contributed by atoms with Crippen LogP contribution in [0.5, 0.6) is 5.75 Å². The van der Waals surface area contributed by atoms with Crippen LogP contribution in [0, 0.1) is 0 Å². The molecule has 16 heavy (non-hydrogen) atoms. The Kier molecular flexibility index (Phi) is 5.29. The highest BCUT2D eigenvalue weighted by molar-refractivity contribution is 5.27. The number of hydrogen-bond donors (Lipinski definition) is 1. The largest absolute Gasteiger partial charge is 0.497 e. The highest BCUT2D eigenvalue weighted by Gasteiger charge is 2.09. The third-order valence-corrected chi connectivity index (χ3v) is 2.69. The summed E-state index contributed by atoms with van der Waals surface area (Å²) in [5.41, 5.74) is 7.27. The van der Waals surface area contributed by atoms with E-state index in [1.807, 2.05) is 19.1 Å². The summed E-state index contributed by atoms with van der Waals surface area (Å²) >= 11 is 0. The lowest BCUT2D eigenvalue weighted by Crippen LogP contribution is -2.27. The summed E-state index contributed by atoms with van der Waals surface area (Å²) in [4.78, 5) is 0. The first kappa shape index (κ1) is 13.0. The summed E-state index contributed by atoms with van der Waals surface area (Å²) in [6.45, 7) is 2.04. The summed E-state index contributed by atoms with van der Waals surface area (Å²) < 4.78 is 10.3. The molecule has 0 aliphatic carbocycles. The van der Waals surface area contributed by atoms with E-state index >= 15 is 0 Å². The Morgan fingerprint density at radius 1 is 1.19 bits per heavy atom. The Hall–Kier alpha value is -1.06. The zero-order chi connectivity index (χ0) is 12.0. The van der Waals surface area contributed by atoms with Crippen molar-refractivity contribution >= 4 is 0 Å². The minimum atomic E-state index is 0.142. The molecule has 2 atom stereocenters. The van der Waals surface area contributed by atoms with Gasteiger partial charge in [0.2, 0.25) is 0 Å². The molecule has 2 N–H and O–H groups in total. The van der Waals surface area contributed by atoms with E-state index in [2.05, 4.69) is 12.1 Å². The number of hydrogen-bond acceptors (Lipinski definition) is 3. The van der Waals surface area contributed by atoms with Crippen LogP contribution in [-0.2, 0) is 11.2 Å². The summed E-state index contributed by atoms with van der Waals surface area (Å²) in [7, 11) is 3.38. The van der Waals surface area contributed by atoms with E-state index in [0.717, 1.165) is 18.6 Å². The maximum Gasteiger partial charge on any atom is 0.118 e. The van der Waals surface area contributed by atoms with Crippen molar-refractivity contribution in [2.45, 2.75) is 31.9 Å². The van der Waals surface area contributed by atoms with Crippen LogP contribution < -0.4 is 10.5 Å². The van der Waals surface area contributed by atoms with E-state index in [0.29, 0.717) is 0 Å². The molecule has 0 heterocycles. The second-order valence-electron chi connectivity index (χ2n) is 4.09. The van der Waals surface area contributed by atoms with Gasteiger partial charge in [0.1, 0.15) is 5.75 Å². The van der Waals surface area contributed by atoms with Crippen molar-refractivity contribution in [3.8, 4) is 5.75 Å². The Morgan fingerprint density at radius 2 is 1.81 bits per heavy atom. The standard InChI is InChI=1S/C13H21NO2/c1-10(15-2)8-12(14)9-11-4-6-13(16-3)7-5-11/h4-7,10,12H,8-9,14H2,1-3H3. The number of nitrogens with two attached hydrogens (primary N) is 1. The molecule has 0 saturated heterocycles. The first-order chi connectivity index (χ1) is 7.65. The number of benzene rings is 1. The second kappa shape index (κ2) is 6.51. The Balaban J connectivity index is 2.46. The molecule has 1 rings (SSSR count). The predicted octanol–water partition coefficient (Wildman–Crippen LogP) is 1.99. The van der Waals surface area contributed by atoms with Gasteiger partial charge in [-0.05, 0) is 37.5 Å². The van der Waals surface area contributed by atoms with Crippen molar-refractivity contribution < 1.29 is 9.47 Å². The molecule has 0 aliphatic rings. The molecule has 0 fully saturated rings. The number of rotatable bonds is 6. The van der Waals surface area contributed by atoms with Gasteiger partial charge in [-0.3, -0.25) is 0 Å². The van der Waals surface area contributed by atoms with E-state index in [9.17, 15) is 0 Å². The molecule has 3 heteroatoms. The van der Waals surface area contributed by atoms with E-state index in [4.69, 9.17) is 15.2 Å². The maximum atomic E-state index is 6.04. The molecule has 0 radical (unpaired) electrons. The van der Waals surface area contributed by atoms with Crippen molar-refractivity contribution in [2.24, 2.45) is 5.73 Å². The third-order valence-electron chi connectivity index (χ3n) is 2.69. The van der Waals surface area contributed by atoms with Crippen LogP contribution in [-0.4, -0.2) is 26.4 Å². The van der Waals surface area contributed by atoms with Gasteiger partial charge in [0.05, 0.1) is 13.2 Å². The normalized spacial score (nSPS) is 14.5. The second-order valence-corrected chi connectivity index (χ2v) is 4.09. The maximum absolute atomic E-state index is 6.04. The topological polar surface area (TPSA) is 44.5 Å². The lowest BCUT2D eigenvalue weighted by molar-refractivity contribution is 0.104. The molecule has 2 unspecified atom stereocenters. The first-order valence-corrected chi connectivity index (χ1v) is 5.57. The molecule has 0 bridgehead atoms. The van der Waals surface area contributed by atoms with E-state index < -0.39 is 0 Å². The lowest BCUT2D eigenvalue weighted by Gasteiger charge is -2.16.